The van der Waals surface area contributed by atoms with Crippen molar-refractivity contribution in [2.45, 2.75) is 12.8 Å². The molecular weight excluding hydrogens is 180 g/mol. The van der Waals surface area contributed by atoms with Gasteiger partial charge in [0.05, 0.1) is 19.3 Å². The molecule has 1 aliphatic heterocycles. The van der Waals surface area contributed by atoms with Crippen molar-refractivity contribution in [3.05, 3.63) is 23.3 Å². The van der Waals surface area contributed by atoms with Gasteiger partial charge in [-0.3, -0.25) is 4.79 Å². The average molecular weight is 192 g/mol. The molecule has 0 fully saturated rings. The van der Waals surface area contributed by atoms with Gasteiger partial charge < -0.3 is 9.47 Å². The minimum atomic E-state index is 0.582. The van der Waals surface area contributed by atoms with Crippen LogP contribution in [-0.2, 0) is 6.42 Å². The van der Waals surface area contributed by atoms with Crippen LogP contribution in [0.15, 0.2) is 12.1 Å². The third-order valence-electron chi connectivity index (χ3n) is 2.37. The van der Waals surface area contributed by atoms with E-state index in [0.29, 0.717) is 12.2 Å². The van der Waals surface area contributed by atoms with Crippen LogP contribution in [0.5, 0.6) is 11.5 Å². The Hall–Kier alpha value is -1.51. The van der Waals surface area contributed by atoms with Gasteiger partial charge in [-0.15, -0.1) is 0 Å². The molecule has 3 heteroatoms. The zero-order valence-electron chi connectivity index (χ0n) is 8.08. The van der Waals surface area contributed by atoms with Crippen LogP contribution in [0, 0.1) is 0 Å². The quantitative estimate of drug-likeness (QED) is 0.670. The zero-order chi connectivity index (χ0) is 9.97. The van der Waals surface area contributed by atoms with E-state index in [0.717, 1.165) is 36.2 Å². The average Bonchev–Trinajstić information content (AvgIpc) is 2.27. The highest BCUT2D eigenvalue weighted by Crippen LogP contribution is 2.32. The lowest BCUT2D eigenvalue weighted by molar-refractivity contribution is 0.111. The van der Waals surface area contributed by atoms with E-state index >= 15 is 0 Å². The molecule has 1 aromatic carbocycles. The van der Waals surface area contributed by atoms with Crippen molar-refractivity contribution in [3.63, 3.8) is 0 Å². The van der Waals surface area contributed by atoms with Gasteiger partial charge in [-0.25, -0.2) is 0 Å². The molecule has 0 bridgehead atoms. The van der Waals surface area contributed by atoms with E-state index in [1.165, 1.54) is 0 Å². The first-order valence-corrected chi connectivity index (χ1v) is 4.64. The van der Waals surface area contributed by atoms with E-state index < -0.39 is 0 Å². The summed E-state index contributed by atoms with van der Waals surface area (Å²) in [6.07, 6.45) is 2.76. The molecule has 14 heavy (non-hydrogen) atoms. The van der Waals surface area contributed by atoms with E-state index in [4.69, 9.17) is 9.47 Å². The normalized spacial score (nSPS) is 14.1. The number of aldehydes is 1. The first kappa shape index (κ1) is 9.06. The molecule has 3 nitrogen and oxygen atoms in total. The Labute approximate surface area is 82.6 Å². The number of aryl methyl sites for hydroxylation is 1. The number of rotatable bonds is 2. The van der Waals surface area contributed by atoms with Crippen LogP contribution in [0.25, 0.3) is 0 Å². The maximum absolute atomic E-state index is 10.8. The molecule has 1 aromatic rings. The molecule has 1 aliphatic rings. The van der Waals surface area contributed by atoms with Crippen LogP contribution in [0.3, 0.4) is 0 Å². The summed E-state index contributed by atoms with van der Waals surface area (Å²) in [7, 11) is 1.60. The number of hydrogen-bond donors (Lipinski definition) is 0. The number of benzene rings is 1. The van der Waals surface area contributed by atoms with Crippen molar-refractivity contribution in [1.29, 1.82) is 0 Å². The Morgan fingerprint density at radius 2 is 2.36 bits per heavy atom. The highest BCUT2D eigenvalue weighted by molar-refractivity contribution is 5.81. The van der Waals surface area contributed by atoms with Gasteiger partial charge in [0.15, 0.2) is 6.29 Å². The van der Waals surface area contributed by atoms with E-state index in [9.17, 15) is 4.79 Å². The van der Waals surface area contributed by atoms with Gasteiger partial charge in [-0.1, -0.05) is 0 Å². The predicted molar refractivity (Wildman–Crippen MR) is 52.2 cm³/mol. The third-order valence-corrected chi connectivity index (χ3v) is 2.37. The molecule has 0 saturated heterocycles. The van der Waals surface area contributed by atoms with Crippen molar-refractivity contribution in [2.75, 3.05) is 13.7 Å². The van der Waals surface area contributed by atoms with Gasteiger partial charge in [-0.2, -0.15) is 0 Å². The number of methoxy groups -OCH3 is 1. The summed E-state index contributed by atoms with van der Waals surface area (Å²) in [6.45, 7) is 0.695. The molecule has 0 atom stereocenters. The Balaban J connectivity index is 2.52. The van der Waals surface area contributed by atoms with Crippen LogP contribution >= 0.6 is 0 Å². The molecule has 0 unspecified atom stereocenters. The van der Waals surface area contributed by atoms with Crippen LogP contribution in [0.4, 0.5) is 0 Å². The summed E-state index contributed by atoms with van der Waals surface area (Å²) in [6, 6.07) is 3.64. The summed E-state index contributed by atoms with van der Waals surface area (Å²) in [5, 5.41) is 0. The fraction of sp³-hybridized carbons (Fsp3) is 0.364. The SMILES string of the molecule is COc1cc(C=O)c2c(c1)CCCO2. The first-order valence-electron chi connectivity index (χ1n) is 4.64. The largest absolute Gasteiger partial charge is 0.497 e. The summed E-state index contributed by atoms with van der Waals surface area (Å²) in [5.74, 6) is 1.45. The van der Waals surface area contributed by atoms with Crippen LogP contribution in [0.1, 0.15) is 22.3 Å². The zero-order valence-corrected chi connectivity index (χ0v) is 8.08. The predicted octanol–water partition coefficient (Wildman–Crippen LogP) is 1.83. The standard InChI is InChI=1S/C11H12O3/c1-13-10-5-8-3-2-4-14-11(8)9(6-10)7-12/h5-7H,2-4H2,1H3. The molecule has 0 spiro atoms. The maximum Gasteiger partial charge on any atom is 0.153 e. The molecule has 0 amide bonds. The molecule has 0 aliphatic carbocycles. The van der Waals surface area contributed by atoms with Gasteiger partial charge in [0, 0.05) is 0 Å². The fourth-order valence-corrected chi connectivity index (χ4v) is 1.69. The highest BCUT2D eigenvalue weighted by atomic mass is 16.5. The molecule has 0 N–H and O–H groups in total. The van der Waals surface area contributed by atoms with Crippen molar-refractivity contribution in [1.82, 2.24) is 0 Å². The molecule has 0 saturated carbocycles. The topological polar surface area (TPSA) is 35.5 Å². The van der Waals surface area contributed by atoms with Gasteiger partial charge in [0.1, 0.15) is 11.5 Å². The second-order valence-electron chi connectivity index (χ2n) is 3.27. The van der Waals surface area contributed by atoms with Crippen LogP contribution in [0.2, 0.25) is 0 Å². The minimum Gasteiger partial charge on any atom is -0.497 e. The number of hydrogen-bond acceptors (Lipinski definition) is 3. The van der Waals surface area contributed by atoms with E-state index in [1.54, 1.807) is 13.2 Å². The second kappa shape index (κ2) is 3.70. The number of fused-ring (bicyclic) bond motifs is 1. The van der Waals surface area contributed by atoms with Gasteiger partial charge >= 0.3 is 0 Å². The smallest absolute Gasteiger partial charge is 0.153 e. The maximum atomic E-state index is 10.8. The summed E-state index contributed by atoms with van der Waals surface area (Å²) in [4.78, 5) is 10.8. The van der Waals surface area contributed by atoms with Crippen molar-refractivity contribution < 1.29 is 14.3 Å². The van der Waals surface area contributed by atoms with Gasteiger partial charge in [0.25, 0.3) is 0 Å². The summed E-state index contributed by atoms with van der Waals surface area (Å²) in [5.41, 5.74) is 1.65. The van der Waals surface area contributed by atoms with Crippen LogP contribution < -0.4 is 9.47 Å². The Bertz CT molecular complexity index is 358. The Morgan fingerprint density at radius 1 is 1.50 bits per heavy atom. The third kappa shape index (κ3) is 1.45. The fourth-order valence-electron chi connectivity index (χ4n) is 1.69. The minimum absolute atomic E-state index is 0.582. The first-order chi connectivity index (χ1) is 6.85. The lowest BCUT2D eigenvalue weighted by Crippen LogP contribution is -2.10. The summed E-state index contributed by atoms with van der Waals surface area (Å²) >= 11 is 0. The van der Waals surface area contributed by atoms with E-state index in [2.05, 4.69) is 0 Å². The number of carbonyl (C=O) groups excluding carboxylic acids is 1. The highest BCUT2D eigenvalue weighted by Gasteiger charge is 2.15. The second-order valence-corrected chi connectivity index (χ2v) is 3.27. The van der Waals surface area contributed by atoms with Crippen molar-refractivity contribution in [3.8, 4) is 11.5 Å². The van der Waals surface area contributed by atoms with Crippen molar-refractivity contribution in [2.24, 2.45) is 0 Å². The van der Waals surface area contributed by atoms with Crippen LogP contribution in [-0.4, -0.2) is 20.0 Å². The van der Waals surface area contributed by atoms with Gasteiger partial charge in [0.2, 0.25) is 0 Å². The Morgan fingerprint density at radius 3 is 3.07 bits per heavy atom. The lowest BCUT2D eigenvalue weighted by Gasteiger charge is -2.19. The molecule has 0 aromatic heterocycles. The van der Waals surface area contributed by atoms with Crippen molar-refractivity contribution >= 4 is 6.29 Å². The Kier molecular flexibility index (Phi) is 2.39. The molecule has 74 valence electrons. The molecule has 2 rings (SSSR count). The van der Waals surface area contributed by atoms with E-state index in [-0.39, 0.29) is 0 Å². The number of carbonyl (C=O) groups is 1. The molecule has 0 radical (unpaired) electrons. The molecular formula is C11H12O3. The van der Waals surface area contributed by atoms with Gasteiger partial charge in [-0.05, 0) is 30.5 Å². The van der Waals surface area contributed by atoms with E-state index in [1.807, 2.05) is 6.07 Å². The monoisotopic (exact) mass is 192 g/mol. The molecule has 1 heterocycles. The number of ether oxygens (including phenoxy) is 2. The lowest BCUT2D eigenvalue weighted by atomic mass is 10.0. The summed E-state index contributed by atoms with van der Waals surface area (Å²) < 4.78 is 10.6.